The van der Waals surface area contributed by atoms with Gasteiger partial charge in [0.15, 0.2) is 0 Å². The van der Waals surface area contributed by atoms with Gasteiger partial charge in [-0.15, -0.1) is 0 Å². The second kappa shape index (κ2) is 2.29. The van der Waals surface area contributed by atoms with Crippen LogP contribution in [0.4, 0.5) is 0 Å². The molecule has 0 aromatic carbocycles. The van der Waals surface area contributed by atoms with Gasteiger partial charge in [0.05, 0.1) is 0 Å². The summed E-state index contributed by atoms with van der Waals surface area (Å²) in [6, 6.07) is 0.804. The fraction of sp³-hybridized carbons (Fsp3) is 1.00. The number of hydrogen-bond donors (Lipinski definition) is 1. The number of nitrogens with one attached hydrogen (secondary N) is 1. The lowest BCUT2D eigenvalue weighted by atomic mass is 9.87. The molecule has 1 unspecified atom stereocenters. The first-order chi connectivity index (χ1) is 6.11. The van der Waals surface area contributed by atoms with Gasteiger partial charge in [0.2, 0.25) is 0 Å². The van der Waals surface area contributed by atoms with Crippen molar-refractivity contribution in [2.75, 3.05) is 19.6 Å². The van der Waals surface area contributed by atoms with E-state index in [2.05, 4.69) is 24.1 Å². The lowest BCUT2D eigenvalue weighted by Crippen LogP contribution is -2.60. The topological polar surface area (TPSA) is 15.3 Å². The zero-order valence-electron chi connectivity index (χ0n) is 8.77. The molecular weight excluding hydrogens is 160 g/mol. The molecule has 3 fully saturated rings. The average Bonchev–Trinajstić information content (AvgIpc) is 2.69. The number of likely N-dealkylation sites (tertiary alicyclic amines) is 1. The van der Waals surface area contributed by atoms with Crippen LogP contribution in [0.1, 0.15) is 33.1 Å². The van der Waals surface area contributed by atoms with Crippen LogP contribution in [-0.4, -0.2) is 36.1 Å². The molecule has 0 aromatic rings. The van der Waals surface area contributed by atoms with Crippen molar-refractivity contribution in [2.45, 2.75) is 44.7 Å². The highest BCUT2D eigenvalue weighted by atomic mass is 15.3. The third-order valence-corrected chi connectivity index (χ3v) is 4.31. The molecule has 0 radical (unpaired) electrons. The first kappa shape index (κ1) is 8.25. The summed E-state index contributed by atoms with van der Waals surface area (Å²) >= 11 is 0. The first-order valence-corrected chi connectivity index (χ1v) is 5.61. The molecule has 2 nitrogen and oxygen atoms in total. The second-order valence-electron chi connectivity index (χ2n) is 5.86. The Morgan fingerprint density at radius 2 is 1.92 bits per heavy atom. The Kier molecular flexibility index (Phi) is 1.45. The molecule has 0 aromatic heterocycles. The van der Waals surface area contributed by atoms with Gasteiger partial charge < -0.3 is 5.32 Å². The summed E-state index contributed by atoms with van der Waals surface area (Å²) in [5.74, 6) is 0. The van der Waals surface area contributed by atoms with Gasteiger partial charge in [0.25, 0.3) is 0 Å². The van der Waals surface area contributed by atoms with Gasteiger partial charge >= 0.3 is 0 Å². The maximum absolute atomic E-state index is 3.60. The van der Waals surface area contributed by atoms with Crippen molar-refractivity contribution in [2.24, 2.45) is 5.41 Å². The van der Waals surface area contributed by atoms with Crippen LogP contribution >= 0.6 is 0 Å². The lowest BCUT2D eigenvalue weighted by molar-refractivity contribution is 0.0155. The van der Waals surface area contributed by atoms with Gasteiger partial charge in [0.1, 0.15) is 0 Å². The molecule has 3 rings (SSSR count). The maximum atomic E-state index is 3.60. The van der Waals surface area contributed by atoms with Gasteiger partial charge in [-0.05, 0) is 45.1 Å². The second-order valence-corrected chi connectivity index (χ2v) is 5.86. The molecular formula is C11H20N2. The standard InChI is InChI=1S/C11H20N2/c1-10(2)9(3-6-12-10)13-7-11(8-13)4-5-11/h9,12H,3-8H2,1-2H3. The molecule has 1 saturated carbocycles. The molecule has 1 spiro atoms. The summed E-state index contributed by atoms with van der Waals surface area (Å²) in [7, 11) is 0. The molecule has 1 aliphatic carbocycles. The van der Waals surface area contributed by atoms with Crippen molar-refractivity contribution < 1.29 is 0 Å². The molecule has 74 valence electrons. The summed E-state index contributed by atoms with van der Waals surface area (Å²) in [4.78, 5) is 2.70. The third-order valence-electron chi connectivity index (χ3n) is 4.31. The molecule has 2 saturated heterocycles. The van der Waals surface area contributed by atoms with E-state index in [0.29, 0.717) is 5.54 Å². The normalized spacial score (nSPS) is 40.6. The van der Waals surface area contributed by atoms with Gasteiger partial charge in [-0.3, -0.25) is 4.90 Å². The summed E-state index contributed by atoms with van der Waals surface area (Å²) in [6.07, 6.45) is 4.36. The fourth-order valence-electron chi connectivity index (χ4n) is 3.18. The van der Waals surface area contributed by atoms with E-state index in [-0.39, 0.29) is 0 Å². The van der Waals surface area contributed by atoms with Crippen LogP contribution in [0.3, 0.4) is 0 Å². The van der Waals surface area contributed by atoms with Crippen molar-refractivity contribution in [3.63, 3.8) is 0 Å². The van der Waals surface area contributed by atoms with E-state index >= 15 is 0 Å². The Labute approximate surface area is 80.7 Å². The van der Waals surface area contributed by atoms with Crippen LogP contribution < -0.4 is 5.32 Å². The molecule has 3 aliphatic rings. The average molecular weight is 180 g/mol. The molecule has 2 aliphatic heterocycles. The van der Waals surface area contributed by atoms with Crippen LogP contribution in [0, 0.1) is 5.41 Å². The highest BCUT2D eigenvalue weighted by Gasteiger charge is 2.56. The Bertz CT molecular complexity index is 222. The van der Waals surface area contributed by atoms with E-state index < -0.39 is 0 Å². The molecule has 2 heterocycles. The number of rotatable bonds is 1. The molecule has 0 amide bonds. The van der Waals surface area contributed by atoms with Crippen LogP contribution in [0.25, 0.3) is 0 Å². The minimum absolute atomic E-state index is 0.358. The Morgan fingerprint density at radius 1 is 1.23 bits per heavy atom. The zero-order valence-corrected chi connectivity index (χ0v) is 8.77. The highest BCUT2D eigenvalue weighted by Crippen LogP contribution is 2.54. The van der Waals surface area contributed by atoms with Crippen molar-refractivity contribution in [1.82, 2.24) is 10.2 Å². The summed E-state index contributed by atoms with van der Waals surface area (Å²) in [6.45, 7) is 8.69. The number of hydrogen-bond acceptors (Lipinski definition) is 2. The van der Waals surface area contributed by atoms with Gasteiger partial charge in [-0.2, -0.15) is 0 Å². The Balaban J connectivity index is 1.66. The SMILES string of the molecule is CC1(C)NCCC1N1CC2(CC2)C1. The van der Waals surface area contributed by atoms with Gasteiger partial charge in [0, 0.05) is 24.7 Å². The molecule has 1 atom stereocenters. The minimum atomic E-state index is 0.358. The Morgan fingerprint density at radius 3 is 2.38 bits per heavy atom. The van der Waals surface area contributed by atoms with Gasteiger partial charge in [-0.25, -0.2) is 0 Å². The minimum Gasteiger partial charge on any atom is -0.310 e. The van der Waals surface area contributed by atoms with Crippen LogP contribution in [0.2, 0.25) is 0 Å². The molecule has 13 heavy (non-hydrogen) atoms. The Hall–Kier alpha value is -0.0800. The van der Waals surface area contributed by atoms with Gasteiger partial charge in [-0.1, -0.05) is 0 Å². The van der Waals surface area contributed by atoms with E-state index in [4.69, 9.17) is 0 Å². The van der Waals surface area contributed by atoms with Crippen LogP contribution in [0.15, 0.2) is 0 Å². The van der Waals surface area contributed by atoms with E-state index in [1.807, 2.05) is 0 Å². The van der Waals surface area contributed by atoms with Crippen LogP contribution in [0.5, 0.6) is 0 Å². The van der Waals surface area contributed by atoms with Crippen molar-refractivity contribution >= 4 is 0 Å². The van der Waals surface area contributed by atoms with E-state index in [1.54, 1.807) is 0 Å². The van der Waals surface area contributed by atoms with Crippen molar-refractivity contribution in [1.29, 1.82) is 0 Å². The lowest BCUT2D eigenvalue weighted by Gasteiger charge is -2.48. The van der Waals surface area contributed by atoms with Crippen LogP contribution in [-0.2, 0) is 0 Å². The summed E-state index contributed by atoms with van der Waals surface area (Å²) < 4.78 is 0. The van der Waals surface area contributed by atoms with Crippen molar-refractivity contribution in [3.8, 4) is 0 Å². The predicted octanol–water partition coefficient (Wildman–Crippen LogP) is 1.22. The zero-order chi connectivity index (χ0) is 9.10. The highest BCUT2D eigenvalue weighted by molar-refractivity contribution is 5.11. The van der Waals surface area contributed by atoms with Crippen molar-refractivity contribution in [3.05, 3.63) is 0 Å². The number of nitrogens with zero attached hydrogens (tertiary/aromatic N) is 1. The first-order valence-electron chi connectivity index (χ1n) is 5.61. The summed E-state index contributed by atoms with van der Waals surface area (Å²) in [5, 5.41) is 3.60. The molecule has 2 heteroatoms. The smallest absolute Gasteiger partial charge is 0.0285 e. The largest absolute Gasteiger partial charge is 0.310 e. The molecule has 0 bridgehead atoms. The predicted molar refractivity (Wildman–Crippen MR) is 53.7 cm³/mol. The quantitative estimate of drug-likeness (QED) is 0.653. The molecule has 1 N–H and O–H groups in total. The monoisotopic (exact) mass is 180 g/mol. The maximum Gasteiger partial charge on any atom is 0.0285 e. The van der Waals surface area contributed by atoms with E-state index in [0.717, 1.165) is 11.5 Å². The fourth-order valence-corrected chi connectivity index (χ4v) is 3.18. The van der Waals surface area contributed by atoms with E-state index in [1.165, 1.54) is 38.9 Å². The van der Waals surface area contributed by atoms with E-state index in [9.17, 15) is 0 Å². The summed E-state index contributed by atoms with van der Waals surface area (Å²) in [5.41, 5.74) is 1.18. The third kappa shape index (κ3) is 1.15.